The van der Waals surface area contributed by atoms with Crippen molar-refractivity contribution >= 4 is 29.1 Å². The molecule has 4 aliphatic heterocycles. The van der Waals surface area contributed by atoms with Crippen molar-refractivity contribution in [2.24, 2.45) is 5.92 Å². The third kappa shape index (κ3) is 7.26. The number of anilines is 3. The van der Waals surface area contributed by atoms with Gasteiger partial charge >= 0.3 is 6.18 Å². The number of rotatable bonds is 8. The van der Waals surface area contributed by atoms with Gasteiger partial charge in [0.05, 0.1) is 30.6 Å². The van der Waals surface area contributed by atoms with Crippen LogP contribution in [0.1, 0.15) is 60.4 Å². The van der Waals surface area contributed by atoms with Gasteiger partial charge in [0.1, 0.15) is 23.5 Å². The lowest BCUT2D eigenvalue weighted by Crippen LogP contribution is -2.40. The molecule has 2 N–H and O–H groups in total. The minimum Gasteiger partial charge on any atom is -0.481 e. The highest BCUT2D eigenvalue weighted by Gasteiger charge is 2.37. The van der Waals surface area contributed by atoms with E-state index in [1.165, 1.54) is 13.3 Å². The summed E-state index contributed by atoms with van der Waals surface area (Å²) in [6.07, 6.45) is 4.68. The number of ether oxygens (including phenoxy) is 1. The molecule has 2 atom stereocenters. The number of piperidine rings is 2. The number of nitrogens with one attached hydrogen (secondary N) is 2. The summed E-state index contributed by atoms with van der Waals surface area (Å²) in [4.78, 5) is 48.2. The standard InChI is InChI=1S/C34H40F3N9O3/c1-49-33-27(34(35,36)37)15-24(16-39-33)46-13-8-28-26(19-46)31(41-20-40-28)42-23-7-10-44(18-23)17-21-5-11-45(12-6-21)29-14-22(4-9-38-29)25-2-3-30(47)43-32(25)48/h4,9,14-16,20-21,23,25H,2-3,5-8,10-13,17-19H2,1H3,(H,40,41,42)(H,43,47,48)/t23-,25?/m0/s1. The fourth-order valence-corrected chi connectivity index (χ4v) is 7.52. The zero-order valence-corrected chi connectivity index (χ0v) is 27.4. The van der Waals surface area contributed by atoms with Crippen molar-refractivity contribution in [3.05, 3.63) is 59.3 Å². The van der Waals surface area contributed by atoms with Gasteiger partial charge in [0, 0.05) is 76.5 Å². The zero-order chi connectivity index (χ0) is 34.1. The molecule has 4 aliphatic rings. The normalized spacial score (nSPS) is 22.2. The second-order valence-corrected chi connectivity index (χ2v) is 13.3. The molecule has 7 heterocycles. The van der Waals surface area contributed by atoms with Gasteiger partial charge in [-0.25, -0.2) is 19.9 Å². The van der Waals surface area contributed by atoms with E-state index in [9.17, 15) is 22.8 Å². The number of imide groups is 1. The highest BCUT2D eigenvalue weighted by Crippen LogP contribution is 2.38. The van der Waals surface area contributed by atoms with Crippen LogP contribution in [0.4, 0.5) is 30.5 Å². The van der Waals surface area contributed by atoms with Gasteiger partial charge in [-0.1, -0.05) is 0 Å². The van der Waals surface area contributed by atoms with Crippen LogP contribution >= 0.6 is 0 Å². The second kappa shape index (κ2) is 13.8. The highest BCUT2D eigenvalue weighted by atomic mass is 19.4. The van der Waals surface area contributed by atoms with Crippen LogP contribution in [0.3, 0.4) is 0 Å². The number of fused-ring (bicyclic) bond motifs is 1. The number of pyridine rings is 2. The Balaban J connectivity index is 0.927. The number of alkyl halides is 3. The summed E-state index contributed by atoms with van der Waals surface area (Å²) in [5, 5.41) is 6.08. The first-order valence-electron chi connectivity index (χ1n) is 16.9. The maximum atomic E-state index is 13.7. The number of halogens is 3. The Bertz CT molecular complexity index is 1700. The molecule has 12 nitrogen and oxygen atoms in total. The molecule has 3 saturated heterocycles. The van der Waals surface area contributed by atoms with Crippen molar-refractivity contribution in [3.63, 3.8) is 0 Å². The van der Waals surface area contributed by atoms with E-state index in [1.54, 1.807) is 12.5 Å². The molecule has 1 unspecified atom stereocenters. The maximum absolute atomic E-state index is 13.7. The van der Waals surface area contributed by atoms with Crippen LogP contribution in [0.5, 0.6) is 5.88 Å². The van der Waals surface area contributed by atoms with Crippen molar-refractivity contribution in [2.45, 2.75) is 63.2 Å². The summed E-state index contributed by atoms with van der Waals surface area (Å²) in [6.45, 7) is 5.56. The topological polar surface area (TPSA) is 129 Å². The minimum absolute atomic E-state index is 0.202. The number of carbonyl (C=O) groups excluding carboxylic acids is 2. The predicted octanol–water partition coefficient (Wildman–Crippen LogP) is 3.78. The van der Waals surface area contributed by atoms with Crippen LogP contribution in [0.25, 0.3) is 0 Å². The van der Waals surface area contributed by atoms with E-state index in [1.807, 2.05) is 17.0 Å². The molecule has 49 heavy (non-hydrogen) atoms. The zero-order valence-electron chi connectivity index (χ0n) is 27.4. The van der Waals surface area contributed by atoms with Crippen LogP contribution in [-0.2, 0) is 28.7 Å². The molecule has 0 spiro atoms. The maximum Gasteiger partial charge on any atom is 0.421 e. The predicted molar refractivity (Wildman–Crippen MR) is 175 cm³/mol. The molecule has 2 amide bonds. The van der Waals surface area contributed by atoms with Crippen LogP contribution < -0.4 is 25.2 Å². The quantitative estimate of drug-likeness (QED) is 0.338. The number of nitrogens with zero attached hydrogens (tertiary/aromatic N) is 7. The highest BCUT2D eigenvalue weighted by molar-refractivity contribution is 6.01. The smallest absolute Gasteiger partial charge is 0.421 e. The van der Waals surface area contributed by atoms with E-state index in [0.29, 0.717) is 44.0 Å². The Morgan fingerprint density at radius 1 is 0.980 bits per heavy atom. The van der Waals surface area contributed by atoms with Gasteiger partial charge in [0.2, 0.25) is 17.7 Å². The van der Waals surface area contributed by atoms with E-state index in [4.69, 9.17) is 4.74 Å². The number of hydrogen-bond donors (Lipinski definition) is 2. The third-order valence-electron chi connectivity index (χ3n) is 10.2. The van der Waals surface area contributed by atoms with Crippen LogP contribution in [0.15, 0.2) is 36.9 Å². The first-order chi connectivity index (χ1) is 23.6. The molecule has 0 bridgehead atoms. The van der Waals surface area contributed by atoms with Crippen molar-refractivity contribution in [2.75, 3.05) is 61.5 Å². The summed E-state index contributed by atoms with van der Waals surface area (Å²) >= 11 is 0. The van der Waals surface area contributed by atoms with Crippen molar-refractivity contribution in [1.82, 2.24) is 30.2 Å². The molecular weight excluding hydrogens is 639 g/mol. The van der Waals surface area contributed by atoms with Crippen LogP contribution in [0.2, 0.25) is 0 Å². The van der Waals surface area contributed by atoms with Gasteiger partial charge in [-0.3, -0.25) is 14.9 Å². The molecule has 7 rings (SSSR count). The fourth-order valence-electron chi connectivity index (χ4n) is 7.52. The summed E-state index contributed by atoms with van der Waals surface area (Å²) in [5.74, 6) is 0.965. The summed E-state index contributed by atoms with van der Waals surface area (Å²) < 4.78 is 45.9. The molecule has 15 heteroatoms. The number of likely N-dealkylation sites (tertiary alicyclic amines) is 1. The Morgan fingerprint density at radius 3 is 2.59 bits per heavy atom. The lowest BCUT2D eigenvalue weighted by atomic mass is 9.91. The second-order valence-electron chi connectivity index (χ2n) is 13.3. The first-order valence-corrected chi connectivity index (χ1v) is 16.9. The molecule has 260 valence electrons. The number of amides is 2. The molecule has 3 aromatic heterocycles. The Labute approximate surface area is 282 Å². The van der Waals surface area contributed by atoms with Gasteiger partial charge in [-0.2, -0.15) is 13.2 Å². The number of carbonyl (C=O) groups is 2. The van der Waals surface area contributed by atoms with Crippen LogP contribution in [0, 0.1) is 5.92 Å². The minimum atomic E-state index is -4.58. The SMILES string of the molecule is COc1ncc(N2CCc3ncnc(N[C@H]4CCN(CC5CCN(c6cc(C7CCC(=O)NC7=O)ccn6)CC5)C4)c3C2)cc1C(F)(F)F. The Hall–Kier alpha value is -4.53. The van der Waals surface area contributed by atoms with Gasteiger partial charge in [0.15, 0.2) is 0 Å². The summed E-state index contributed by atoms with van der Waals surface area (Å²) in [6, 6.07) is 5.17. The van der Waals surface area contributed by atoms with E-state index in [2.05, 4.69) is 40.4 Å². The average Bonchev–Trinajstić information content (AvgIpc) is 3.54. The molecule has 0 radical (unpaired) electrons. The summed E-state index contributed by atoms with van der Waals surface area (Å²) in [7, 11) is 1.18. The van der Waals surface area contributed by atoms with Crippen molar-refractivity contribution < 1.29 is 27.5 Å². The van der Waals surface area contributed by atoms with E-state index in [-0.39, 0.29) is 23.8 Å². The number of hydrogen-bond acceptors (Lipinski definition) is 11. The molecular formula is C34H40F3N9O3. The average molecular weight is 680 g/mol. The van der Waals surface area contributed by atoms with Crippen molar-refractivity contribution in [3.8, 4) is 5.88 Å². The molecule has 0 aliphatic carbocycles. The monoisotopic (exact) mass is 679 g/mol. The van der Waals surface area contributed by atoms with Gasteiger partial charge < -0.3 is 24.8 Å². The van der Waals surface area contributed by atoms with Gasteiger partial charge in [-0.05, 0) is 55.4 Å². The van der Waals surface area contributed by atoms with Gasteiger partial charge in [0.25, 0.3) is 0 Å². The van der Waals surface area contributed by atoms with Crippen molar-refractivity contribution in [1.29, 1.82) is 0 Å². The fraction of sp³-hybridized carbons (Fsp3) is 0.529. The van der Waals surface area contributed by atoms with Crippen LogP contribution in [-0.4, -0.2) is 89.1 Å². The third-order valence-corrected chi connectivity index (χ3v) is 10.2. The Morgan fingerprint density at radius 2 is 1.82 bits per heavy atom. The lowest BCUT2D eigenvalue weighted by molar-refractivity contribution is -0.139. The first kappa shape index (κ1) is 33.0. The largest absolute Gasteiger partial charge is 0.481 e. The molecule has 0 aromatic carbocycles. The van der Waals surface area contributed by atoms with E-state index in [0.717, 1.165) is 86.5 Å². The lowest BCUT2D eigenvalue weighted by Gasteiger charge is -2.35. The number of methoxy groups -OCH3 is 1. The molecule has 0 saturated carbocycles. The molecule has 3 aromatic rings. The molecule has 3 fully saturated rings. The Kier molecular flexibility index (Phi) is 9.27. The van der Waals surface area contributed by atoms with E-state index >= 15 is 0 Å². The summed E-state index contributed by atoms with van der Waals surface area (Å²) in [5.41, 5.74) is 2.20. The number of aromatic nitrogens is 4. The van der Waals surface area contributed by atoms with Gasteiger partial charge in [-0.15, -0.1) is 0 Å². The van der Waals surface area contributed by atoms with E-state index < -0.39 is 17.6 Å².